The van der Waals surface area contributed by atoms with Crippen molar-refractivity contribution in [3.05, 3.63) is 39.4 Å². The molecule has 0 aromatic heterocycles. The molecule has 0 fully saturated rings. The smallest absolute Gasteiger partial charge is 0.378 e. The maximum atomic E-state index is 11.8. The van der Waals surface area contributed by atoms with E-state index < -0.39 is 24.1 Å². The van der Waals surface area contributed by atoms with E-state index in [2.05, 4.69) is 22.1 Å². The van der Waals surface area contributed by atoms with Crippen molar-refractivity contribution in [2.24, 2.45) is 0 Å². The molecular weight excluding hydrogens is 375 g/mol. The van der Waals surface area contributed by atoms with Gasteiger partial charge in [-0.2, -0.15) is 11.8 Å². The molecule has 3 atom stereocenters. The van der Waals surface area contributed by atoms with E-state index in [0.29, 0.717) is 12.3 Å². The van der Waals surface area contributed by atoms with E-state index in [4.69, 9.17) is 4.52 Å². The van der Waals surface area contributed by atoms with E-state index >= 15 is 0 Å². The second-order valence-electron chi connectivity index (χ2n) is 4.90. The quantitative estimate of drug-likeness (QED) is 0.182. The zero-order chi connectivity index (χ0) is 18.3. The molecule has 0 aliphatic rings. The Morgan fingerprint density at radius 2 is 2.21 bits per heavy atom. The first-order chi connectivity index (χ1) is 11.2. The predicted molar refractivity (Wildman–Crippen MR) is 97.4 cm³/mol. The van der Waals surface area contributed by atoms with Crippen molar-refractivity contribution in [3.8, 4) is 0 Å². The Morgan fingerprint density at radius 3 is 2.75 bits per heavy atom. The van der Waals surface area contributed by atoms with Crippen LogP contribution in [0.2, 0.25) is 0 Å². The maximum Gasteiger partial charge on any atom is 0.386 e. The second kappa shape index (κ2) is 9.76. The molecule has 0 saturated heterocycles. The largest absolute Gasteiger partial charge is 0.386 e. The first-order valence-electron chi connectivity index (χ1n) is 6.94. The minimum absolute atomic E-state index is 0.152. The highest BCUT2D eigenvalue weighted by atomic mass is 32.7. The highest BCUT2D eigenvalue weighted by Crippen LogP contribution is 2.55. The molecule has 0 aliphatic heterocycles. The van der Waals surface area contributed by atoms with Crippen molar-refractivity contribution >= 4 is 36.5 Å². The number of thioether (sulfide) groups is 1. The lowest BCUT2D eigenvalue weighted by atomic mass is 10.0. The van der Waals surface area contributed by atoms with Crippen LogP contribution in [0, 0.1) is 10.1 Å². The average Bonchev–Trinajstić information content (AvgIpc) is 2.52. The van der Waals surface area contributed by atoms with E-state index in [9.17, 15) is 19.8 Å². The summed E-state index contributed by atoms with van der Waals surface area (Å²) in [6.45, 7) is -1.73. The molecule has 0 aliphatic carbocycles. The van der Waals surface area contributed by atoms with Gasteiger partial charge in [-0.3, -0.25) is 20.0 Å². The summed E-state index contributed by atoms with van der Waals surface area (Å²) in [5.41, 5.74) is 0.822. The number of hydrogen-bond acceptors (Lipinski definition) is 8. The summed E-state index contributed by atoms with van der Waals surface area (Å²) in [6.07, 6.45) is 0.336. The summed E-state index contributed by atoms with van der Waals surface area (Å²) >= 11 is 5.27. The van der Waals surface area contributed by atoms with Gasteiger partial charge in [0.15, 0.2) is 0 Å². The molecule has 0 spiro atoms. The molecule has 0 radical (unpaired) electrons. The van der Waals surface area contributed by atoms with Crippen molar-refractivity contribution in [1.29, 1.82) is 0 Å². The van der Waals surface area contributed by atoms with Gasteiger partial charge in [0.25, 0.3) is 5.69 Å². The highest BCUT2D eigenvalue weighted by Gasteiger charge is 2.27. The number of benzene rings is 1. The van der Waals surface area contributed by atoms with Gasteiger partial charge in [0.1, 0.15) is 6.23 Å². The molecule has 24 heavy (non-hydrogen) atoms. The number of nitro groups is 1. The monoisotopic (exact) mass is 396 g/mol. The van der Waals surface area contributed by atoms with Crippen molar-refractivity contribution in [3.63, 3.8) is 0 Å². The lowest BCUT2D eigenvalue weighted by Crippen LogP contribution is -2.30. The van der Waals surface area contributed by atoms with E-state index in [0.717, 1.165) is 5.56 Å². The molecule has 8 nitrogen and oxygen atoms in total. The molecule has 0 saturated carbocycles. The van der Waals surface area contributed by atoms with Crippen LogP contribution in [0.1, 0.15) is 24.2 Å². The number of aliphatic hydroxyl groups excluding tert-OH is 1. The van der Waals surface area contributed by atoms with Crippen LogP contribution in [-0.2, 0) is 20.2 Å². The molecule has 136 valence electrons. The topological polar surface area (TPSA) is 111 Å². The summed E-state index contributed by atoms with van der Waals surface area (Å²) < 4.78 is 21.7. The standard InChI is InChI=1S/C13H21N2O6PS2/c1-9(21-22(19,23)20-2)11-6-10(4-5-12(11)15(17)18)7-14-13(16)8-24-3/h4-6,9,13-14,16H,7-8H2,1-3H3,(H,19,23). The van der Waals surface area contributed by atoms with Crippen LogP contribution in [-0.4, -0.2) is 35.4 Å². The third kappa shape index (κ3) is 6.72. The van der Waals surface area contributed by atoms with Crippen molar-refractivity contribution in [1.82, 2.24) is 5.32 Å². The number of nitrogens with zero attached hydrogens (tertiary/aromatic N) is 1. The minimum Gasteiger partial charge on any atom is -0.378 e. The van der Waals surface area contributed by atoms with Gasteiger partial charge in [-0.25, -0.2) is 4.57 Å². The molecule has 1 rings (SSSR count). The summed E-state index contributed by atoms with van der Waals surface area (Å²) in [5, 5.41) is 23.8. The van der Waals surface area contributed by atoms with Crippen LogP contribution in [0.25, 0.3) is 0 Å². The maximum absolute atomic E-state index is 11.8. The number of thiol groups is 1. The van der Waals surface area contributed by atoms with Gasteiger partial charge in [0.05, 0.1) is 16.6 Å². The Hall–Kier alpha value is -0.610. The Morgan fingerprint density at radius 1 is 1.54 bits per heavy atom. The number of nitrogens with one attached hydrogen (secondary N) is 1. The van der Waals surface area contributed by atoms with Crippen LogP contribution in [0.4, 0.5) is 5.69 Å². The van der Waals surface area contributed by atoms with Gasteiger partial charge in [-0.1, -0.05) is 18.3 Å². The average molecular weight is 396 g/mol. The van der Waals surface area contributed by atoms with E-state index in [1.54, 1.807) is 12.1 Å². The van der Waals surface area contributed by atoms with Gasteiger partial charge in [0, 0.05) is 25.5 Å². The van der Waals surface area contributed by atoms with Crippen LogP contribution < -0.4 is 5.32 Å². The summed E-state index contributed by atoms with van der Waals surface area (Å²) in [4.78, 5) is 10.7. The summed E-state index contributed by atoms with van der Waals surface area (Å²) in [7, 11) is 1.18. The lowest BCUT2D eigenvalue weighted by Gasteiger charge is -2.18. The molecule has 0 heterocycles. The Labute approximate surface area is 150 Å². The van der Waals surface area contributed by atoms with Crippen LogP contribution in [0.15, 0.2) is 18.2 Å². The molecular formula is C13H21N2O6PS2. The van der Waals surface area contributed by atoms with Crippen LogP contribution in [0.3, 0.4) is 0 Å². The third-order valence-electron chi connectivity index (χ3n) is 3.11. The number of nitro benzene ring substituents is 1. The van der Waals surface area contributed by atoms with E-state index in [1.165, 1.54) is 31.9 Å². The number of aliphatic hydroxyl groups is 1. The normalized spacial score (nSPS) is 16.4. The first kappa shape index (κ1) is 21.4. The number of hydrogen-bond donors (Lipinski definition) is 3. The van der Waals surface area contributed by atoms with Gasteiger partial charge in [-0.05, 0) is 24.8 Å². The van der Waals surface area contributed by atoms with E-state index in [1.807, 2.05) is 6.26 Å². The van der Waals surface area contributed by atoms with Gasteiger partial charge in [-0.15, -0.1) is 0 Å². The SMILES string of the molecule is COP(=O)(S)OC(C)c1cc(CNC(O)CSC)ccc1[N+](=O)[O-]. The number of rotatable bonds is 10. The summed E-state index contributed by atoms with van der Waals surface area (Å²) in [6, 6.07) is 4.51. The molecule has 1 aromatic carbocycles. The zero-order valence-corrected chi connectivity index (χ0v) is 16.1. The fourth-order valence-corrected chi connectivity index (χ4v) is 3.42. The first-order valence-corrected chi connectivity index (χ1v) is 11.0. The van der Waals surface area contributed by atoms with Crippen molar-refractivity contribution < 1.29 is 23.6 Å². The fraction of sp³-hybridized carbons (Fsp3) is 0.538. The zero-order valence-electron chi connectivity index (χ0n) is 13.5. The fourth-order valence-electron chi connectivity index (χ4n) is 1.96. The van der Waals surface area contributed by atoms with Gasteiger partial charge < -0.3 is 9.63 Å². The van der Waals surface area contributed by atoms with Crippen LogP contribution in [0.5, 0.6) is 0 Å². The Balaban J connectivity index is 3.00. The molecule has 0 amide bonds. The van der Waals surface area contributed by atoms with Crippen molar-refractivity contribution in [2.45, 2.75) is 25.8 Å². The Bertz CT molecular complexity index is 618. The highest BCUT2D eigenvalue weighted by molar-refractivity contribution is 8.44. The van der Waals surface area contributed by atoms with Crippen LogP contribution >= 0.6 is 30.8 Å². The predicted octanol–water partition coefficient (Wildman–Crippen LogP) is 3.13. The molecule has 0 bridgehead atoms. The lowest BCUT2D eigenvalue weighted by molar-refractivity contribution is -0.386. The summed E-state index contributed by atoms with van der Waals surface area (Å²) in [5.74, 6) is 0.524. The molecule has 2 N–H and O–H groups in total. The molecule has 1 aromatic rings. The molecule has 3 unspecified atom stereocenters. The van der Waals surface area contributed by atoms with E-state index in [-0.39, 0.29) is 11.3 Å². The van der Waals surface area contributed by atoms with Crippen molar-refractivity contribution in [2.75, 3.05) is 19.1 Å². The molecule has 11 heteroatoms. The third-order valence-corrected chi connectivity index (χ3v) is 5.58. The Kier molecular flexibility index (Phi) is 8.72. The van der Waals surface area contributed by atoms with Gasteiger partial charge >= 0.3 is 6.80 Å². The minimum atomic E-state index is -3.59. The second-order valence-corrected chi connectivity index (χ2v) is 8.79. The van der Waals surface area contributed by atoms with Gasteiger partial charge in [0.2, 0.25) is 0 Å².